The lowest BCUT2D eigenvalue weighted by Gasteiger charge is -2.35. The van der Waals surface area contributed by atoms with Crippen LogP contribution >= 0.6 is 0 Å². The van der Waals surface area contributed by atoms with E-state index in [0.717, 1.165) is 36.9 Å². The normalized spacial score (nSPS) is 22.9. The highest BCUT2D eigenvalue weighted by Gasteiger charge is 2.29. The molecule has 2 N–H and O–H groups in total. The zero-order chi connectivity index (χ0) is 13.8. The van der Waals surface area contributed by atoms with Gasteiger partial charge < -0.3 is 15.3 Å². The zero-order valence-corrected chi connectivity index (χ0v) is 11.6. The Balaban J connectivity index is 1.96. The van der Waals surface area contributed by atoms with Gasteiger partial charge in [-0.2, -0.15) is 0 Å². The number of urea groups is 1. The summed E-state index contributed by atoms with van der Waals surface area (Å²) in [5.74, 6) is 0. The van der Waals surface area contributed by atoms with Crippen LogP contribution in [0, 0.1) is 6.92 Å². The molecule has 104 valence electrons. The molecule has 0 heterocycles. The number of carbonyl (C=O) groups excluding carboxylic acids is 1. The Hall–Kier alpha value is -1.55. The second-order valence-electron chi connectivity index (χ2n) is 5.33. The number of hydrogen-bond donors (Lipinski definition) is 2. The number of benzene rings is 1. The van der Waals surface area contributed by atoms with Crippen LogP contribution in [0.4, 0.5) is 10.5 Å². The van der Waals surface area contributed by atoms with Gasteiger partial charge in [0.1, 0.15) is 0 Å². The van der Waals surface area contributed by atoms with Crippen LogP contribution in [-0.4, -0.2) is 35.2 Å². The Kier molecular flexibility index (Phi) is 4.43. The number of likely N-dealkylation sites (N-methyl/N-ethyl adjacent to an activating group) is 1. The number of aliphatic hydroxyl groups excluding tert-OH is 1. The average Bonchev–Trinajstić information content (AvgIpc) is 2.41. The largest absolute Gasteiger partial charge is 0.391 e. The Morgan fingerprint density at radius 1 is 1.26 bits per heavy atom. The van der Waals surface area contributed by atoms with Crippen LogP contribution in [0.1, 0.15) is 31.2 Å². The van der Waals surface area contributed by atoms with Crippen molar-refractivity contribution in [2.75, 3.05) is 12.4 Å². The fourth-order valence-corrected chi connectivity index (χ4v) is 2.54. The van der Waals surface area contributed by atoms with Gasteiger partial charge in [0.05, 0.1) is 12.1 Å². The molecule has 1 aliphatic rings. The van der Waals surface area contributed by atoms with Gasteiger partial charge in [-0.25, -0.2) is 4.79 Å². The molecule has 4 nitrogen and oxygen atoms in total. The van der Waals surface area contributed by atoms with Crippen molar-refractivity contribution in [2.24, 2.45) is 0 Å². The molecular weight excluding hydrogens is 240 g/mol. The number of aliphatic hydroxyl groups is 1. The van der Waals surface area contributed by atoms with Gasteiger partial charge in [0.2, 0.25) is 0 Å². The molecular formula is C15H22N2O2. The lowest BCUT2D eigenvalue weighted by molar-refractivity contribution is 0.0494. The molecule has 4 heteroatoms. The van der Waals surface area contributed by atoms with E-state index >= 15 is 0 Å². The SMILES string of the molecule is Cc1ccc(NC(=O)N(C)C2CCCCC2O)cc1. The molecule has 1 saturated carbocycles. The quantitative estimate of drug-likeness (QED) is 0.861. The van der Waals surface area contributed by atoms with Crippen LogP contribution in [0.25, 0.3) is 0 Å². The fourth-order valence-electron chi connectivity index (χ4n) is 2.54. The Morgan fingerprint density at radius 2 is 1.89 bits per heavy atom. The molecule has 1 aromatic rings. The van der Waals surface area contributed by atoms with E-state index in [0.29, 0.717) is 0 Å². The third kappa shape index (κ3) is 3.47. The number of hydrogen-bond acceptors (Lipinski definition) is 2. The minimum atomic E-state index is -0.400. The highest BCUT2D eigenvalue weighted by Crippen LogP contribution is 2.23. The van der Waals surface area contributed by atoms with Crippen molar-refractivity contribution in [3.8, 4) is 0 Å². The lowest BCUT2D eigenvalue weighted by atomic mass is 9.92. The summed E-state index contributed by atoms with van der Waals surface area (Å²) in [6, 6.07) is 7.47. The Labute approximate surface area is 114 Å². The molecule has 0 radical (unpaired) electrons. The zero-order valence-electron chi connectivity index (χ0n) is 11.6. The number of anilines is 1. The van der Waals surface area contributed by atoms with E-state index in [1.54, 1.807) is 11.9 Å². The predicted molar refractivity (Wildman–Crippen MR) is 76.2 cm³/mol. The maximum Gasteiger partial charge on any atom is 0.321 e. The second-order valence-corrected chi connectivity index (χ2v) is 5.33. The highest BCUT2D eigenvalue weighted by molar-refractivity contribution is 5.89. The molecule has 1 aromatic carbocycles. The second kappa shape index (κ2) is 6.06. The first kappa shape index (κ1) is 13.9. The van der Waals surface area contributed by atoms with Crippen LogP contribution < -0.4 is 5.32 Å². The average molecular weight is 262 g/mol. The van der Waals surface area contributed by atoms with Gasteiger partial charge in [0, 0.05) is 12.7 Å². The third-order valence-electron chi connectivity index (χ3n) is 3.81. The maximum absolute atomic E-state index is 12.1. The molecule has 2 unspecified atom stereocenters. The summed E-state index contributed by atoms with van der Waals surface area (Å²) in [5, 5.41) is 12.8. The van der Waals surface area contributed by atoms with Gasteiger partial charge in [-0.15, -0.1) is 0 Å². The van der Waals surface area contributed by atoms with Crippen LogP contribution in [-0.2, 0) is 0 Å². The molecule has 0 aliphatic heterocycles. The van der Waals surface area contributed by atoms with Crippen molar-refractivity contribution in [1.29, 1.82) is 0 Å². The number of amides is 2. The van der Waals surface area contributed by atoms with E-state index in [1.165, 1.54) is 0 Å². The van der Waals surface area contributed by atoms with E-state index < -0.39 is 6.10 Å². The van der Waals surface area contributed by atoms with Crippen molar-refractivity contribution in [2.45, 2.75) is 44.8 Å². The number of nitrogens with zero attached hydrogens (tertiary/aromatic N) is 1. The number of rotatable bonds is 2. The van der Waals surface area contributed by atoms with Crippen molar-refractivity contribution >= 4 is 11.7 Å². The summed E-state index contributed by atoms with van der Waals surface area (Å²) in [4.78, 5) is 13.8. The summed E-state index contributed by atoms with van der Waals surface area (Å²) >= 11 is 0. The lowest BCUT2D eigenvalue weighted by Crippen LogP contribution is -2.47. The van der Waals surface area contributed by atoms with Gasteiger partial charge in [-0.05, 0) is 31.9 Å². The molecule has 19 heavy (non-hydrogen) atoms. The molecule has 2 atom stereocenters. The van der Waals surface area contributed by atoms with E-state index in [-0.39, 0.29) is 12.1 Å². The predicted octanol–water partition coefficient (Wildman–Crippen LogP) is 2.76. The third-order valence-corrected chi connectivity index (χ3v) is 3.81. The van der Waals surface area contributed by atoms with E-state index in [4.69, 9.17) is 0 Å². The number of aryl methyl sites for hydroxylation is 1. The monoisotopic (exact) mass is 262 g/mol. The summed E-state index contributed by atoms with van der Waals surface area (Å²) in [5.41, 5.74) is 1.95. The fraction of sp³-hybridized carbons (Fsp3) is 0.533. The molecule has 0 saturated heterocycles. The van der Waals surface area contributed by atoms with Crippen LogP contribution in [0.2, 0.25) is 0 Å². The summed E-state index contributed by atoms with van der Waals surface area (Å²) < 4.78 is 0. The van der Waals surface area contributed by atoms with E-state index in [9.17, 15) is 9.90 Å². The smallest absolute Gasteiger partial charge is 0.321 e. The van der Waals surface area contributed by atoms with Crippen molar-refractivity contribution in [3.05, 3.63) is 29.8 Å². The van der Waals surface area contributed by atoms with Crippen LogP contribution in [0.15, 0.2) is 24.3 Å². The first-order valence-electron chi connectivity index (χ1n) is 6.86. The minimum Gasteiger partial charge on any atom is -0.391 e. The molecule has 2 amide bonds. The standard InChI is InChI=1S/C15H22N2O2/c1-11-7-9-12(10-8-11)16-15(19)17(2)13-5-3-4-6-14(13)18/h7-10,13-14,18H,3-6H2,1-2H3,(H,16,19). The van der Waals surface area contributed by atoms with Crippen molar-refractivity contribution in [1.82, 2.24) is 4.90 Å². The molecule has 0 bridgehead atoms. The summed E-state index contributed by atoms with van der Waals surface area (Å²) in [7, 11) is 1.75. The van der Waals surface area contributed by atoms with Gasteiger partial charge in [0.15, 0.2) is 0 Å². The minimum absolute atomic E-state index is 0.0702. The van der Waals surface area contributed by atoms with E-state index in [1.807, 2.05) is 31.2 Å². The van der Waals surface area contributed by atoms with Gasteiger partial charge in [0.25, 0.3) is 0 Å². The first-order valence-corrected chi connectivity index (χ1v) is 6.86. The summed E-state index contributed by atoms with van der Waals surface area (Å²) in [6.45, 7) is 2.01. The van der Waals surface area contributed by atoms with Gasteiger partial charge in [-0.1, -0.05) is 30.5 Å². The first-order chi connectivity index (χ1) is 9.08. The molecule has 1 aliphatic carbocycles. The topological polar surface area (TPSA) is 52.6 Å². The maximum atomic E-state index is 12.1. The summed E-state index contributed by atoms with van der Waals surface area (Å²) in [6.07, 6.45) is 3.38. The number of nitrogens with one attached hydrogen (secondary N) is 1. The molecule has 0 spiro atoms. The van der Waals surface area contributed by atoms with Gasteiger partial charge >= 0.3 is 6.03 Å². The van der Waals surface area contributed by atoms with E-state index in [2.05, 4.69) is 5.32 Å². The van der Waals surface area contributed by atoms with Crippen molar-refractivity contribution < 1.29 is 9.90 Å². The van der Waals surface area contributed by atoms with Crippen LogP contribution in [0.5, 0.6) is 0 Å². The Morgan fingerprint density at radius 3 is 2.53 bits per heavy atom. The van der Waals surface area contributed by atoms with Crippen molar-refractivity contribution in [3.63, 3.8) is 0 Å². The Bertz CT molecular complexity index is 430. The number of carbonyl (C=O) groups is 1. The molecule has 0 aromatic heterocycles. The molecule has 1 fully saturated rings. The highest BCUT2D eigenvalue weighted by atomic mass is 16.3. The molecule has 2 rings (SSSR count). The van der Waals surface area contributed by atoms with Gasteiger partial charge in [-0.3, -0.25) is 0 Å². The van der Waals surface area contributed by atoms with Crippen LogP contribution in [0.3, 0.4) is 0 Å².